The molecule has 0 saturated carbocycles. The Morgan fingerprint density at radius 3 is 2.46 bits per heavy atom. The molecule has 4 rings (SSSR count). The number of para-hydroxylation sites is 1. The van der Waals surface area contributed by atoms with Crippen LogP contribution in [0.4, 0.5) is 11.4 Å². The number of anilines is 2. The SMILES string of the molecule is CC1Oc2ccc(NC(=O)c3ccc(Oc4ccccc4)cc3)cc2NC1=O. The summed E-state index contributed by atoms with van der Waals surface area (Å²) in [4.78, 5) is 24.2. The summed E-state index contributed by atoms with van der Waals surface area (Å²) < 4.78 is 11.2. The average molecular weight is 374 g/mol. The van der Waals surface area contributed by atoms with Gasteiger partial charge in [0.1, 0.15) is 17.2 Å². The zero-order chi connectivity index (χ0) is 19.5. The molecule has 28 heavy (non-hydrogen) atoms. The highest BCUT2D eigenvalue weighted by Gasteiger charge is 2.23. The molecule has 140 valence electrons. The van der Waals surface area contributed by atoms with Crippen LogP contribution >= 0.6 is 0 Å². The zero-order valence-electron chi connectivity index (χ0n) is 15.1. The first-order valence-corrected chi connectivity index (χ1v) is 8.84. The fourth-order valence-electron chi connectivity index (χ4n) is 2.79. The molecule has 0 aromatic heterocycles. The van der Waals surface area contributed by atoms with Crippen LogP contribution in [0.2, 0.25) is 0 Å². The van der Waals surface area contributed by atoms with Crippen molar-refractivity contribution in [2.24, 2.45) is 0 Å². The molecule has 0 spiro atoms. The molecule has 2 N–H and O–H groups in total. The Kier molecular flexibility index (Phi) is 4.68. The number of ether oxygens (including phenoxy) is 2. The maximum absolute atomic E-state index is 12.5. The van der Waals surface area contributed by atoms with Crippen LogP contribution in [-0.4, -0.2) is 17.9 Å². The maximum atomic E-state index is 12.5. The second-order valence-electron chi connectivity index (χ2n) is 6.35. The summed E-state index contributed by atoms with van der Waals surface area (Å²) in [7, 11) is 0. The summed E-state index contributed by atoms with van der Waals surface area (Å²) in [5.41, 5.74) is 1.59. The molecule has 3 aromatic rings. The number of carbonyl (C=O) groups excluding carboxylic acids is 2. The van der Waals surface area contributed by atoms with Crippen molar-refractivity contribution in [1.29, 1.82) is 0 Å². The number of fused-ring (bicyclic) bond motifs is 1. The molecule has 1 aliphatic rings. The summed E-state index contributed by atoms with van der Waals surface area (Å²) in [6.45, 7) is 1.68. The molecule has 2 amide bonds. The summed E-state index contributed by atoms with van der Waals surface area (Å²) in [6, 6.07) is 21.4. The van der Waals surface area contributed by atoms with E-state index < -0.39 is 6.10 Å². The average Bonchev–Trinajstić information content (AvgIpc) is 2.70. The Hall–Kier alpha value is -3.80. The van der Waals surface area contributed by atoms with E-state index in [1.54, 1.807) is 49.4 Å². The second kappa shape index (κ2) is 7.44. The summed E-state index contributed by atoms with van der Waals surface area (Å²) in [5, 5.41) is 5.58. The minimum atomic E-state index is -0.537. The molecule has 3 aromatic carbocycles. The molecule has 0 aliphatic carbocycles. The number of rotatable bonds is 4. The number of nitrogens with one attached hydrogen (secondary N) is 2. The fraction of sp³-hybridized carbons (Fsp3) is 0.0909. The first-order chi connectivity index (χ1) is 13.6. The van der Waals surface area contributed by atoms with Gasteiger partial charge in [0.15, 0.2) is 6.10 Å². The highest BCUT2D eigenvalue weighted by Crippen LogP contribution is 2.32. The molecule has 0 saturated heterocycles. The van der Waals surface area contributed by atoms with Gasteiger partial charge in [0, 0.05) is 11.3 Å². The predicted molar refractivity (Wildman–Crippen MR) is 106 cm³/mol. The van der Waals surface area contributed by atoms with Crippen molar-refractivity contribution >= 4 is 23.2 Å². The van der Waals surface area contributed by atoms with E-state index >= 15 is 0 Å². The van der Waals surface area contributed by atoms with E-state index in [0.29, 0.717) is 28.4 Å². The van der Waals surface area contributed by atoms with Crippen molar-refractivity contribution in [3.63, 3.8) is 0 Å². The first-order valence-electron chi connectivity index (χ1n) is 8.84. The summed E-state index contributed by atoms with van der Waals surface area (Å²) >= 11 is 0. The standard InChI is InChI=1S/C22H18N2O4/c1-14-21(25)24-19-13-16(9-12-20(19)27-14)23-22(26)15-7-10-18(11-8-15)28-17-5-3-2-4-6-17/h2-14H,1H3,(H,23,26)(H,24,25). The minimum absolute atomic E-state index is 0.218. The number of amides is 2. The van der Waals surface area contributed by atoms with Gasteiger partial charge in [-0.1, -0.05) is 18.2 Å². The Balaban J connectivity index is 1.44. The van der Waals surface area contributed by atoms with Gasteiger partial charge in [-0.05, 0) is 61.5 Å². The van der Waals surface area contributed by atoms with Crippen molar-refractivity contribution in [2.75, 3.05) is 10.6 Å². The largest absolute Gasteiger partial charge is 0.479 e. The molecular formula is C22H18N2O4. The van der Waals surface area contributed by atoms with Crippen LogP contribution < -0.4 is 20.1 Å². The van der Waals surface area contributed by atoms with Gasteiger partial charge in [0.2, 0.25) is 0 Å². The topological polar surface area (TPSA) is 76.7 Å². The van der Waals surface area contributed by atoms with E-state index in [-0.39, 0.29) is 11.8 Å². The van der Waals surface area contributed by atoms with Crippen LogP contribution in [0, 0.1) is 0 Å². The number of carbonyl (C=O) groups is 2. The van der Waals surface area contributed by atoms with Gasteiger partial charge in [-0.25, -0.2) is 0 Å². The third-order valence-corrected chi connectivity index (χ3v) is 4.26. The second-order valence-corrected chi connectivity index (χ2v) is 6.35. The van der Waals surface area contributed by atoms with Gasteiger partial charge in [0.05, 0.1) is 5.69 Å². The molecule has 0 radical (unpaired) electrons. The van der Waals surface area contributed by atoms with Crippen LogP contribution in [0.3, 0.4) is 0 Å². The normalized spacial score (nSPS) is 15.0. The lowest BCUT2D eigenvalue weighted by Crippen LogP contribution is -2.34. The number of hydrogen-bond donors (Lipinski definition) is 2. The lowest BCUT2D eigenvalue weighted by atomic mass is 10.1. The van der Waals surface area contributed by atoms with Crippen molar-refractivity contribution in [3.8, 4) is 17.2 Å². The third kappa shape index (κ3) is 3.81. The van der Waals surface area contributed by atoms with Gasteiger partial charge in [0.25, 0.3) is 11.8 Å². The smallest absolute Gasteiger partial charge is 0.265 e. The Morgan fingerprint density at radius 2 is 1.71 bits per heavy atom. The van der Waals surface area contributed by atoms with E-state index in [1.807, 2.05) is 30.3 Å². The molecule has 6 heteroatoms. The summed E-state index contributed by atoms with van der Waals surface area (Å²) in [6.07, 6.45) is -0.537. The van der Waals surface area contributed by atoms with E-state index in [1.165, 1.54) is 0 Å². The highest BCUT2D eigenvalue weighted by molar-refractivity contribution is 6.05. The molecule has 6 nitrogen and oxygen atoms in total. The van der Waals surface area contributed by atoms with Gasteiger partial charge in [-0.15, -0.1) is 0 Å². The van der Waals surface area contributed by atoms with E-state index in [0.717, 1.165) is 5.75 Å². The fourth-order valence-corrected chi connectivity index (χ4v) is 2.79. The molecule has 1 heterocycles. The van der Waals surface area contributed by atoms with Crippen LogP contribution in [0.5, 0.6) is 17.2 Å². The van der Waals surface area contributed by atoms with E-state index in [2.05, 4.69) is 10.6 Å². The first kappa shape index (κ1) is 17.6. The predicted octanol–water partition coefficient (Wildman–Crippen LogP) is 4.45. The molecule has 0 bridgehead atoms. The molecular weight excluding hydrogens is 356 g/mol. The van der Waals surface area contributed by atoms with Crippen molar-refractivity contribution in [1.82, 2.24) is 0 Å². The van der Waals surface area contributed by atoms with Crippen LogP contribution in [-0.2, 0) is 4.79 Å². The molecule has 1 unspecified atom stereocenters. The van der Waals surface area contributed by atoms with Crippen LogP contribution in [0.15, 0.2) is 72.8 Å². The molecule has 0 fully saturated rings. The minimum Gasteiger partial charge on any atom is -0.479 e. The van der Waals surface area contributed by atoms with Gasteiger partial charge >= 0.3 is 0 Å². The van der Waals surface area contributed by atoms with Crippen LogP contribution in [0.25, 0.3) is 0 Å². The Morgan fingerprint density at radius 1 is 1.00 bits per heavy atom. The third-order valence-electron chi connectivity index (χ3n) is 4.26. The monoisotopic (exact) mass is 374 g/mol. The van der Waals surface area contributed by atoms with E-state index in [4.69, 9.17) is 9.47 Å². The van der Waals surface area contributed by atoms with Gasteiger partial charge in [-0.2, -0.15) is 0 Å². The van der Waals surface area contributed by atoms with Gasteiger partial charge < -0.3 is 20.1 Å². The number of hydrogen-bond acceptors (Lipinski definition) is 4. The number of benzene rings is 3. The maximum Gasteiger partial charge on any atom is 0.265 e. The Bertz CT molecular complexity index is 1020. The van der Waals surface area contributed by atoms with Gasteiger partial charge in [-0.3, -0.25) is 9.59 Å². The lowest BCUT2D eigenvalue weighted by molar-refractivity contribution is -0.122. The summed E-state index contributed by atoms with van der Waals surface area (Å²) in [5.74, 6) is 1.47. The molecule has 1 atom stereocenters. The van der Waals surface area contributed by atoms with Crippen molar-refractivity contribution in [2.45, 2.75) is 13.0 Å². The zero-order valence-corrected chi connectivity index (χ0v) is 15.1. The molecule has 1 aliphatic heterocycles. The van der Waals surface area contributed by atoms with Crippen molar-refractivity contribution in [3.05, 3.63) is 78.4 Å². The van der Waals surface area contributed by atoms with Crippen LogP contribution in [0.1, 0.15) is 17.3 Å². The highest BCUT2D eigenvalue weighted by atomic mass is 16.5. The quantitative estimate of drug-likeness (QED) is 0.707. The Labute approximate surface area is 162 Å². The van der Waals surface area contributed by atoms with E-state index in [9.17, 15) is 9.59 Å². The lowest BCUT2D eigenvalue weighted by Gasteiger charge is -2.23. The van der Waals surface area contributed by atoms with Crippen molar-refractivity contribution < 1.29 is 19.1 Å².